The summed E-state index contributed by atoms with van der Waals surface area (Å²) in [5.41, 5.74) is 1.02. The standard InChI is InChI=1S/C16H23NO3/c1-4-9-17-10-5-6-13(16(17)18)12-7-8-14(19-2)15(11-12)20-3/h7-8,11,13H,4-6,9-10H2,1-3H3. The number of carbonyl (C=O) groups excluding carboxylic acids is 1. The summed E-state index contributed by atoms with van der Waals surface area (Å²) in [6.45, 7) is 3.84. The third-order valence-corrected chi connectivity index (χ3v) is 3.83. The lowest BCUT2D eigenvalue weighted by Crippen LogP contribution is -2.40. The summed E-state index contributed by atoms with van der Waals surface area (Å²) >= 11 is 0. The van der Waals surface area contributed by atoms with Crippen LogP contribution in [0.2, 0.25) is 0 Å². The molecule has 0 spiro atoms. The van der Waals surface area contributed by atoms with Crippen molar-refractivity contribution in [3.63, 3.8) is 0 Å². The van der Waals surface area contributed by atoms with Crippen LogP contribution in [0.15, 0.2) is 18.2 Å². The zero-order valence-corrected chi connectivity index (χ0v) is 12.5. The Labute approximate surface area is 120 Å². The molecule has 2 rings (SSSR count). The van der Waals surface area contributed by atoms with Crippen molar-refractivity contribution in [1.82, 2.24) is 4.90 Å². The minimum Gasteiger partial charge on any atom is -0.493 e. The van der Waals surface area contributed by atoms with E-state index >= 15 is 0 Å². The van der Waals surface area contributed by atoms with E-state index in [1.54, 1.807) is 14.2 Å². The number of ether oxygens (including phenoxy) is 2. The molecule has 1 amide bonds. The Balaban J connectivity index is 2.24. The maximum atomic E-state index is 12.5. The number of nitrogens with zero attached hydrogens (tertiary/aromatic N) is 1. The number of methoxy groups -OCH3 is 2. The highest BCUT2D eigenvalue weighted by Crippen LogP contribution is 2.34. The maximum absolute atomic E-state index is 12.5. The molecule has 0 radical (unpaired) electrons. The Morgan fingerprint density at radius 3 is 2.65 bits per heavy atom. The zero-order chi connectivity index (χ0) is 14.5. The lowest BCUT2D eigenvalue weighted by Gasteiger charge is -2.32. The van der Waals surface area contributed by atoms with Gasteiger partial charge in [0.2, 0.25) is 5.91 Å². The van der Waals surface area contributed by atoms with Crippen LogP contribution >= 0.6 is 0 Å². The SMILES string of the molecule is CCCN1CCCC(c2ccc(OC)c(OC)c2)C1=O. The van der Waals surface area contributed by atoms with E-state index < -0.39 is 0 Å². The molecule has 0 aliphatic carbocycles. The zero-order valence-electron chi connectivity index (χ0n) is 12.5. The molecule has 1 saturated heterocycles. The van der Waals surface area contributed by atoms with Crippen LogP contribution in [-0.4, -0.2) is 38.1 Å². The van der Waals surface area contributed by atoms with Gasteiger partial charge in [0.15, 0.2) is 11.5 Å². The van der Waals surface area contributed by atoms with Crippen LogP contribution in [-0.2, 0) is 4.79 Å². The van der Waals surface area contributed by atoms with Crippen molar-refractivity contribution < 1.29 is 14.3 Å². The second-order valence-electron chi connectivity index (χ2n) is 5.13. The fourth-order valence-corrected chi connectivity index (χ4v) is 2.81. The molecule has 0 N–H and O–H groups in total. The lowest BCUT2D eigenvalue weighted by atomic mass is 9.89. The summed E-state index contributed by atoms with van der Waals surface area (Å²) in [7, 11) is 3.24. The molecule has 4 heteroatoms. The number of piperidine rings is 1. The van der Waals surface area contributed by atoms with Crippen molar-refractivity contribution in [2.24, 2.45) is 0 Å². The van der Waals surface area contributed by atoms with Crippen molar-refractivity contribution >= 4 is 5.91 Å². The lowest BCUT2D eigenvalue weighted by molar-refractivity contribution is -0.135. The second-order valence-corrected chi connectivity index (χ2v) is 5.13. The minimum atomic E-state index is -0.0462. The smallest absolute Gasteiger partial charge is 0.230 e. The van der Waals surface area contributed by atoms with Crippen LogP contribution in [0.1, 0.15) is 37.7 Å². The molecule has 4 nitrogen and oxygen atoms in total. The maximum Gasteiger partial charge on any atom is 0.230 e. The van der Waals surface area contributed by atoms with Crippen molar-refractivity contribution in [1.29, 1.82) is 0 Å². The molecular formula is C16H23NO3. The molecular weight excluding hydrogens is 254 g/mol. The van der Waals surface area contributed by atoms with Gasteiger partial charge in [0.05, 0.1) is 20.1 Å². The van der Waals surface area contributed by atoms with Crippen molar-refractivity contribution in [2.45, 2.75) is 32.1 Å². The van der Waals surface area contributed by atoms with Crippen molar-refractivity contribution in [3.05, 3.63) is 23.8 Å². The van der Waals surface area contributed by atoms with E-state index in [9.17, 15) is 4.79 Å². The Bertz CT molecular complexity index is 471. The minimum absolute atomic E-state index is 0.0462. The predicted octanol–water partition coefficient (Wildman–Crippen LogP) is 2.82. The molecule has 0 bridgehead atoms. The molecule has 0 aromatic heterocycles. The fraction of sp³-hybridized carbons (Fsp3) is 0.562. The first-order chi connectivity index (χ1) is 9.71. The number of likely N-dealkylation sites (tertiary alicyclic amines) is 1. The van der Waals surface area contributed by atoms with E-state index in [0.29, 0.717) is 11.5 Å². The van der Waals surface area contributed by atoms with Gasteiger partial charge in [-0.1, -0.05) is 13.0 Å². The predicted molar refractivity (Wildman–Crippen MR) is 78.4 cm³/mol. The molecule has 1 fully saturated rings. The molecule has 110 valence electrons. The molecule has 1 atom stereocenters. The first-order valence-electron chi connectivity index (χ1n) is 7.22. The van der Waals surface area contributed by atoms with E-state index in [1.165, 1.54) is 0 Å². The summed E-state index contributed by atoms with van der Waals surface area (Å²) in [6.07, 6.45) is 2.98. The van der Waals surface area contributed by atoms with Gasteiger partial charge in [-0.05, 0) is 37.0 Å². The van der Waals surface area contributed by atoms with Crippen LogP contribution < -0.4 is 9.47 Å². The Kier molecular flexibility index (Phi) is 4.88. The number of carbonyl (C=O) groups is 1. The highest BCUT2D eigenvalue weighted by atomic mass is 16.5. The quantitative estimate of drug-likeness (QED) is 0.830. The Morgan fingerprint density at radius 1 is 1.25 bits per heavy atom. The van der Waals surface area contributed by atoms with Gasteiger partial charge in [-0.25, -0.2) is 0 Å². The van der Waals surface area contributed by atoms with Crippen LogP contribution in [0.3, 0.4) is 0 Å². The van der Waals surface area contributed by atoms with Crippen LogP contribution in [0.25, 0.3) is 0 Å². The average molecular weight is 277 g/mol. The third kappa shape index (κ3) is 2.89. The van der Waals surface area contributed by atoms with Gasteiger partial charge in [-0.2, -0.15) is 0 Å². The van der Waals surface area contributed by atoms with Gasteiger partial charge < -0.3 is 14.4 Å². The van der Waals surface area contributed by atoms with E-state index in [2.05, 4.69) is 6.92 Å². The van der Waals surface area contributed by atoms with Crippen molar-refractivity contribution in [2.75, 3.05) is 27.3 Å². The molecule has 1 aromatic carbocycles. The van der Waals surface area contributed by atoms with Gasteiger partial charge in [0.1, 0.15) is 0 Å². The Hall–Kier alpha value is -1.71. The fourth-order valence-electron chi connectivity index (χ4n) is 2.81. The van der Waals surface area contributed by atoms with Crippen LogP contribution in [0.4, 0.5) is 0 Å². The van der Waals surface area contributed by atoms with Gasteiger partial charge in [0, 0.05) is 13.1 Å². The molecule has 1 aliphatic heterocycles. The van der Waals surface area contributed by atoms with Gasteiger partial charge in [0.25, 0.3) is 0 Å². The summed E-state index contributed by atoms with van der Waals surface area (Å²) in [4.78, 5) is 14.5. The largest absolute Gasteiger partial charge is 0.493 e. The molecule has 1 aliphatic rings. The molecule has 1 heterocycles. The van der Waals surface area contributed by atoms with E-state index in [-0.39, 0.29) is 11.8 Å². The van der Waals surface area contributed by atoms with Crippen molar-refractivity contribution in [3.8, 4) is 11.5 Å². The van der Waals surface area contributed by atoms with Gasteiger partial charge in [-0.3, -0.25) is 4.79 Å². The summed E-state index contributed by atoms with van der Waals surface area (Å²) < 4.78 is 10.6. The van der Waals surface area contributed by atoms with E-state index in [1.807, 2.05) is 23.1 Å². The van der Waals surface area contributed by atoms with Crippen LogP contribution in [0.5, 0.6) is 11.5 Å². The normalized spacial score (nSPS) is 19.1. The number of benzene rings is 1. The third-order valence-electron chi connectivity index (χ3n) is 3.83. The van der Waals surface area contributed by atoms with Gasteiger partial charge in [-0.15, -0.1) is 0 Å². The average Bonchev–Trinajstić information content (AvgIpc) is 2.49. The van der Waals surface area contributed by atoms with E-state index in [0.717, 1.165) is 37.9 Å². The topological polar surface area (TPSA) is 38.8 Å². The van der Waals surface area contributed by atoms with E-state index in [4.69, 9.17) is 9.47 Å². The Morgan fingerprint density at radius 2 is 2.00 bits per heavy atom. The molecule has 0 saturated carbocycles. The number of rotatable bonds is 5. The summed E-state index contributed by atoms with van der Waals surface area (Å²) in [6, 6.07) is 5.77. The first-order valence-corrected chi connectivity index (χ1v) is 7.22. The van der Waals surface area contributed by atoms with Crippen LogP contribution in [0, 0.1) is 0 Å². The molecule has 1 unspecified atom stereocenters. The highest BCUT2D eigenvalue weighted by Gasteiger charge is 2.29. The molecule has 20 heavy (non-hydrogen) atoms. The highest BCUT2D eigenvalue weighted by molar-refractivity contribution is 5.84. The van der Waals surface area contributed by atoms with Gasteiger partial charge >= 0.3 is 0 Å². The number of hydrogen-bond donors (Lipinski definition) is 0. The summed E-state index contributed by atoms with van der Waals surface area (Å²) in [5.74, 6) is 1.58. The molecule has 1 aromatic rings. The number of hydrogen-bond acceptors (Lipinski definition) is 3. The number of amides is 1. The monoisotopic (exact) mass is 277 g/mol. The second kappa shape index (κ2) is 6.64. The first kappa shape index (κ1) is 14.7. The summed E-state index contributed by atoms with van der Waals surface area (Å²) in [5, 5.41) is 0.